The van der Waals surface area contributed by atoms with Crippen molar-refractivity contribution >= 4 is 22.7 Å². The first kappa shape index (κ1) is 21.3. The monoisotopic (exact) mass is 352 g/mol. The van der Waals surface area contributed by atoms with Gasteiger partial charge in [0, 0.05) is 25.3 Å². The Hall–Kier alpha value is -0.770. The summed E-state index contributed by atoms with van der Waals surface area (Å²) in [6, 6.07) is 0.325. The number of aliphatic imine (C=N–C) groups is 1. The van der Waals surface area contributed by atoms with Gasteiger partial charge in [-0.3, -0.25) is 9.79 Å². The van der Waals surface area contributed by atoms with Crippen LogP contribution in [0.4, 0.5) is 0 Å². The number of thioether (sulfide) groups is 1. The normalized spacial score (nSPS) is 21.0. The van der Waals surface area contributed by atoms with Crippen molar-refractivity contribution in [2.45, 2.75) is 65.8 Å². The average molecular weight is 353 g/mol. The molecule has 138 valence electrons. The maximum Gasteiger partial charge on any atom is 0.225 e. The third kappa shape index (κ3) is 7.00. The number of amides is 1. The molecule has 0 unspecified atom stereocenters. The summed E-state index contributed by atoms with van der Waals surface area (Å²) in [6.07, 6.45) is 7.50. The molecule has 0 radical (unpaired) electrons. The van der Waals surface area contributed by atoms with E-state index in [0.29, 0.717) is 17.9 Å². The lowest BCUT2D eigenvalue weighted by Crippen LogP contribution is -2.32. The molecular weight excluding hydrogens is 316 g/mol. The van der Waals surface area contributed by atoms with Gasteiger partial charge in [0.25, 0.3) is 0 Å². The highest BCUT2D eigenvalue weighted by Crippen LogP contribution is 2.28. The Labute approximate surface area is 153 Å². The molecule has 1 aliphatic rings. The Morgan fingerprint density at radius 3 is 2.67 bits per heavy atom. The molecule has 0 fully saturated rings. The minimum atomic E-state index is 0.151. The Balaban J connectivity index is 2.22. The second kappa shape index (κ2) is 11.0. The molecule has 1 heterocycles. The van der Waals surface area contributed by atoms with E-state index in [4.69, 9.17) is 4.99 Å². The number of unbranched alkanes of at least 4 members (excludes halogenated alkanes) is 1. The summed E-state index contributed by atoms with van der Waals surface area (Å²) >= 11 is 1.90. The van der Waals surface area contributed by atoms with Crippen LogP contribution in [0.3, 0.4) is 0 Å². The minimum absolute atomic E-state index is 0.151. The summed E-state index contributed by atoms with van der Waals surface area (Å²) in [4.78, 5) is 18.7. The van der Waals surface area contributed by atoms with Gasteiger partial charge in [-0.15, -0.1) is 18.3 Å². The van der Waals surface area contributed by atoms with Crippen LogP contribution in [0.2, 0.25) is 0 Å². The van der Waals surface area contributed by atoms with Gasteiger partial charge in [-0.05, 0) is 31.1 Å². The van der Waals surface area contributed by atoms with Gasteiger partial charge >= 0.3 is 0 Å². The van der Waals surface area contributed by atoms with Gasteiger partial charge in [-0.1, -0.05) is 46.6 Å². The second-order valence-electron chi connectivity index (χ2n) is 7.36. The Bertz CT molecular complexity index is 435. The first-order valence-corrected chi connectivity index (χ1v) is 10.4. The van der Waals surface area contributed by atoms with Crippen molar-refractivity contribution in [2.75, 3.05) is 19.3 Å². The van der Waals surface area contributed by atoms with Gasteiger partial charge in [-0.25, -0.2) is 0 Å². The van der Waals surface area contributed by atoms with Crippen LogP contribution in [0.5, 0.6) is 0 Å². The number of hydrogen-bond donors (Lipinski definition) is 0. The van der Waals surface area contributed by atoms with Gasteiger partial charge in [0.1, 0.15) is 0 Å². The first-order valence-electron chi connectivity index (χ1n) is 9.46. The van der Waals surface area contributed by atoms with Gasteiger partial charge in [0.2, 0.25) is 5.91 Å². The Morgan fingerprint density at radius 2 is 2.08 bits per heavy atom. The molecule has 0 spiro atoms. The number of carbonyl (C=O) groups excluding carboxylic acids is 1. The van der Waals surface area contributed by atoms with Crippen molar-refractivity contribution < 1.29 is 4.79 Å². The Morgan fingerprint density at radius 1 is 1.38 bits per heavy atom. The van der Waals surface area contributed by atoms with E-state index in [1.807, 2.05) is 36.7 Å². The van der Waals surface area contributed by atoms with Crippen LogP contribution >= 0.6 is 11.8 Å². The first-order chi connectivity index (χ1) is 11.4. The van der Waals surface area contributed by atoms with E-state index in [-0.39, 0.29) is 11.8 Å². The molecular formula is C20H36N2OS. The molecule has 0 aromatic rings. The molecule has 0 saturated heterocycles. The fourth-order valence-corrected chi connectivity index (χ4v) is 4.08. The van der Waals surface area contributed by atoms with Crippen molar-refractivity contribution in [2.24, 2.45) is 22.7 Å². The summed E-state index contributed by atoms with van der Waals surface area (Å²) in [5.41, 5.74) is 0. The van der Waals surface area contributed by atoms with Crippen molar-refractivity contribution in [1.29, 1.82) is 0 Å². The third-order valence-electron chi connectivity index (χ3n) is 5.28. The van der Waals surface area contributed by atoms with Crippen molar-refractivity contribution in [1.82, 2.24) is 4.90 Å². The van der Waals surface area contributed by atoms with Crippen LogP contribution in [0.1, 0.15) is 59.8 Å². The molecule has 0 saturated carbocycles. The number of hydrogen-bond acceptors (Lipinski definition) is 3. The van der Waals surface area contributed by atoms with Crippen LogP contribution in [0.15, 0.2) is 17.6 Å². The molecule has 1 amide bonds. The largest absolute Gasteiger partial charge is 0.346 e. The second-order valence-corrected chi connectivity index (χ2v) is 8.45. The number of nitrogens with zero attached hydrogens (tertiary/aromatic N) is 2. The van der Waals surface area contributed by atoms with Crippen LogP contribution < -0.4 is 0 Å². The summed E-state index contributed by atoms with van der Waals surface area (Å²) in [5.74, 6) is 2.87. The molecule has 0 N–H and O–H groups in total. The van der Waals surface area contributed by atoms with Gasteiger partial charge in [0.15, 0.2) is 0 Å². The van der Waals surface area contributed by atoms with E-state index in [1.54, 1.807) is 0 Å². The topological polar surface area (TPSA) is 32.7 Å². The SMILES string of the molecule is C=C[C@@H]1CSC(C[C@@H](C)[C@@H](C)CCCCN(C)C(=O)[C@H](C)CC)=N1. The summed E-state index contributed by atoms with van der Waals surface area (Å²) < 4.78 is 0. The average Bonchev–Trinajstić information content (AvgIpc) is 3.04. The molecule has 0 aromatic heterocycles. The van der Waals surface area contributed by atoms with Gasteiger partial charge in [-0.2, -0.15) is 0 Å². The van der Waals surface area contributed by atoms with Crippen LogP contribution in [-0.4, -0.2) is 41.2 Å². The molecule has 0 aliphatic carbocycles. The third-order valence-corrected chi connectivity index (χ3v) is 6.40. The summed E-state index contributed by atoms with van der Waals surface area (Å²) in [5, 5.41) is 1.30. The molecule has 4 heteroatoms. The lowest BCUT2D eigenvalue weighted by Gasteiger charge is -2.22. The van der Waals surface area contributed by atoms with E-state index >= 15 is 0 Å². The standard InChI is InChI=1S/C20H36N2OS/c1-7-15(3)20(23)22(6)12-10-9-11-16(4)17(5)13-19-21-18(8-2)14-24-19/h8,15-18H,2,7,9-14H2,1,3-6H3/t15-,16+,17-,18-/m1/s1. The molecule has 1 aliphatic heterocycles. The zero-order valence-electron chi connectivity index (χ0n) is 16.3. The van der Waals surface area contributed by atoms with E-state index in [0.717, 1.165) is 31.6 Å². The zero-order valence-corrected chi connectivity index (χ0v) is 17.1. The van der Waals surface area contributed by atoms with E-state index in [1.165, 1.54) is 17.9 Å². The fraction of sp³-hybridized carbons (Fsp3) is 0.800. The maximum absolute atomic E-state index is 12.1. The predicted octanol–water partition coefficient (Wildman–Crippen LogP) is 5.02. The molecule has 0 bridgehead atoms. The van der Waals surface area contributed by atoms with Gasteiger partial charge in [0.05, 0.1) is 11.1 Å². The Kier molecular flexibility index (Phi) is 9.72. The van der Waals surface area contributed by atoms with Gasteiger partial charge < -0.3 is 4.90 Å². The summed E-state index contributed by atoms with van der Waals surface area (Å²) in [6.45, 7) is 13.5. The fourth-order valence-electron chi connectivity index (χ4n) is 2.91. The van der Waals surface area contributed by atoms with E-state index in [2.05, 4.69) is 27.4 Å². The number of rotatable bonds is 11. The highest BCUT2D eigenvalue weighted by molar-refractivity contribution is 8.14. The maximum atomic E-state index is 12.1. The zero-order chi connectivity index (χ0) is 18.1. The van der Waals surface area contributed by atoms with Crippen molar-refractivity contribution in [3.8, 4) is 0 Å². The lowest BCUT2D eigenvalue weighted by molar-refractivity contribution is -0.133. The van der Waals surface area contributed by atoms with Crippen molar-refractivity contribution in [3.63, 3.8) is 0 Å². The highest BCUT2D eigenvalue weighted by atomic mass is 32.2. The van der Waals surface area contributed by atoms with Crippen LogP contribution in [-0.2, 0) is 4.79 Å². The molecule has 3 nitrogen and oxygen atoms in total. The molecule has 0 aromatic carbocycles. The highest BCUT2D eigenvalue weighted by Gasteiger charge is 2.20. The molecule has 1 rings (SSSR count). The molecule has 24 heavy (non-hydrogen) atoms. The van der Waals surface area contributed by atoms with Crippen LogP contribution in [0.25, 0.3) is 0 Å². The summed E-state index contributed by atoms with van der Waals surface area (Å²) in [7, 11) is 1.94. The molecule has 4 atom stereocenters. The van der Waals surface area contributed by atoms with Crippen LogP contribution in [0, 0.1) is 17.8 Å². The lowest BCUT2D eigenvalue weighted by atomic mass is 9.89. The predicted molar refractivity (Wildman–Crippen MR) is 108 cm³/mol. The van der Waals surface area contributed by atoms with Crippen molar-refractivity contribution in [3.05, 3.63) is 12.7 Å². The smallest absolute Gasteiger partial charge is 0.225 e. The van der Waals surface area contributed by atoms with E-state index < -0.39 is 0 Å². The number of carbonyl (C=O) groups is 1. The quantitative estimate of drug-likeness (QED) is 0.386. The van der Waals surface area contributed by atoms with E-state index in [9.17, 15) is 4.79 Å². The minimum Gasteiger partial charge on any atom is -0.346 e.